The molecule has 0 atom stereocenters. The monoisotopic (exact) mass is 238 g/mol. The molecule has 1 aliphatic heterocycles. The van der Waals surface area contributed by atoms with Gasteiger partial charge in [0.2, 0.25) is 0 Å². The van der Waals surface area contributed by atoms with Crippen LogP contribution in [0.2, 0.25) is 0 Å². The molecule has 0 fully saturated rings. The minimum Gasteiger partial charge on any atom is -0.354 e. The average Bonchev–Trinajstić information content (AvgIpc) is 2.57. The highest BCUT2D eigenvalue weighted by Crippen LogP contribution is 2.35. The summed E-state index contributed by atoms with van der Waals surface area (Å²) < 4.78 is 0. The van der Waals surface area contributed by atoms with Crippen LogP contribution < -0.4 is 10.6 Å². The van der Waals surface area contributed by atoms with Crippen LogP contribution >= 0.6 is 0 Å². The Bertz CT molecular complexity index is 559. The molecule has 3 rings (SSSR count). The minimum absolute atomic E-state index is 0.924. The van der Waals surface area contributed by atoms with Gasteiger partial charge in [-0.05, 0) is 18.2 Å². The van der Waals surface area contributed by atoms with E-state index < -0.39 is 0 Å². The number of rotatable bonds is 0. The molecule has 2 nitrogen and oxygen atoms in total. The number of hydrogen-bond acceptors (Lipinski definition) is 2. The van der Waals surface area contributed by atoms with Crippen molar-refractivity contribution >= 4 is 22.8 Å². The number of anilines is 3. The van der Waals surface area contributed by atoms with E-state index >= 15 is 0 Å². The molecule has 18 heavy (non-hydrogen) atoms. The van der Waals surface area contributed by atoms with Crippen molar-refractivity contribution in [2.75, 3.05) is 10.6 Å². The standard InChI is InChI=1S/C14H12N2.C2H6/c1-10-11-6-2-3-7-12(11)16-14-9-5-4-8-13(14)15-10;1-2/h2-9,15-16H,1H2;1-2H3. The van der Waals surface area contributed by atoms with Crippen LogP contribution in [0.1, 0.15) is 19.4 Å². The second kappa shape index (κ2) is 5.41. The minimum atomic E-state index is 0.924. The van der Waals surface area contributed by atoms with Crippen molar-refractivity contribution in [3.63, 3.8) is 0 Å². The summed E-state index contributed by atoms with van der Waals surface area (Å²) in [6, 6.07) is 16.3. The number of hydrogen-bond donors (Lipinski definition) is 2. The van der Waals surface area contributed by atoms with Crippen LogP contribution in [0.25, 0.3) is 5.70 Å². The van der Waals surface area contributed by atoms with Gasteiger partial charge in [-0.1, -0.05) is 50.8 Å². The summed E-state index contributed by atoms with van der Waals surface area (Å²) in [4.78, 5) is 0. The zero-order valence-corrected chi connectivity index (χ0v) is 10.8. The molecule has 2 heteroatoms. The van der Waals surface area contributed by atoms with Gasteiger partial charge in [-0.2, -0.15) is 0 Å². The van der Waals surface area contributed by atoms with Gasteiger partial charge in [-0.3, -0.25) is 0 Å². The predicted octanol–water partition coefficient (Wildman–Crippen LogP) is 4.85. The Labute approximate surface area is 108 Å². The van der Waals surface area contributed by atoms with Gasteiger partial charge in [0, 0.05) is 16.9 Å². The van der Waals surface area contributed by atoms with E-state index in [4.69, 9.17) is 0 Å². The summed E-state index contributed by atoms with van der Waals surface area (Å²) in [6.45, 7) is 8.06. The van der Waals surface area contributed by atoms with Crippen molar-refractivity contribution in [3.05, 3.63) is 60.7 Å². The van der Waals surface area contributed by atoms with Gasteiger partial charge in [0.1, 0.15) is 0 Å². The average molecular weight is 238 g/mol. The second-order valence-electron chi connectivity index (χ2n) is 3.82. The molecule has 1 aliphatic rings. The zero-order chi connectivity index (χ0) is 13.0. The van der Waals surface area contributed by atoms with Gasteiger partial charge >= 0.3 is 0 Å². The Morgan fingerprint density at radius 1 is 0.722 bits per heavy atom. The molecule has 1 heterocycles. The fraction of sp³-hybridized carbons (Fsp3) is 0.125. The van der Waals surface area contributed by atoms with E-state index in [1.807, 2.05) is 44.2 Å². The highest BCUT2D eigenvalue weighted by molar-refractivity contribution is 5.92. The second-order valence-corrected chi connectivity index (χ2v) is 3.82. The normalized spacial score (nSPS) is 11.8. The lowest BCUT2D eigenvalue weighted by atomic mass is 10.1. The Morgan fingerprint density at radius 2 is 1.22 bits per heavy atom. The van der Waals surface area contributed by atoms with E-state index in [1.165, 1.54) is 0 Å². The van der Waals surface area contributed by atoms with E-state index in [0.29, 0.717) is 0 Å². The van der Waals surface area contributed by atoms with Crippen LogP contribution in [0.15, 0.2) is 55.1 Å². The molecule has 2 N–H and O–H groups in total. The third-order valence-corrected chi connectivity index (χ3v) is 2.73. The van der Waals surface area contributed by atoms with Crippen LogP contribution in [-0.2, 0) is 0 Å². The molecule has 2 aromatic rings. The Kier molecular flexibility index (Phi) is 3.68. The highest BCUT2D eigenvalue weighted by atomic mass is 15.0. The molecule has 92 valence electrons. The summed E-state index contributed by atoms with van der Waals surface area (Å²) in [5.41, 5.74) is 5.26. The van der Waals surface area contributed by atoms with E-state index in [1.54, 1.807) is 0 Å². The van der Waals surface area contributed by atoms with Gasteiger partial charge in [0.05, 0.1) is 11.4 Å². The summed E-state index contributed by atoms with van der Waals surface area (Å²) in [6.07, 6.45) is 0. The van der Waals surface area contributed by atoms with Crippen LogP contribution in [0.5, 0.6) is 0 Å². The number of fused-ring (bicyclic) bond motifs is 2. The van der Waals surface area contributed by atoms with Crippen molar-refractivity contribution in [3.8, 4) is 0 Å². The van der Waals surface area contributed by atoms with E-state index in [-0.39, 0.29) is 0 Å². The van der Waals surface area contributed by atoms with E-state index in [9.17, 15) is 0 Å². The lowest BCUT2D eigenvalue weighted by molar-refractivity contribution is 1.50. The molecular formula is C16H18N2. The maximum absolute atomic E-state index is 4.06. The van der Waals surface area contributed by atoms with Crippen LogP contribution in [0.3, 0.4) is 0 Å². The SMILES string of the molecule is C=C1Nc2ccccc2Nc2ccccc21.CC. The number of benzene rings is 2. The highest BCUT2D eigenvalue weighted by Gasteiger charge is 2.13. The van der Waals surface area contributed by atoms with E-state index in [2.05, 4.69) is 35.4 Å². The first kappa shape index (κ1) is 12.2. The van der Waals surface area contributed by atoms with Crippen molar-refractivity contribution < 1.29 is 0 Å². The molecule has 0 spiro atoms. The van der Waals surface area contributed by atoms with Gasteiger partial charge < -0.3 is 10.6 Å². The van der Waals surface area contributed by atoms with Crippen molar-refractivity contribution in [1.82, 2.24) is 0 Å². The van der Waals surface area contributed by atoms with Gasteiger partial charge in [0.25, 0.3) is 0 Å². The zero-order valence-electron chi connectivity index (χ0n) is 10.8. The molecule has 0 aliphatic carbocycles. The van der Waals surface area contributed by atoms with Crippen molar-refractivity contribution in [1.29, 1.82) is 0 Å². The van der Waals surface area contributed by atoms with Gasteiger partial charge in [-0.25, -0.2) is 0 Å². The quantitative estimate of drug-likeness (QED) is 0.685. The predicted molar refractivity (Wildman–Crippen MR) is 80.2 cm³/mol. The Hall–Kier alpha value is -2.22. The Morgan fingerprint density at radius 3 is 1.89 bits per heavy atom. The van der Waals surface area contributed by atoms with Crippen molar-refractivity contribution in [2.45, 2.75) is 13.8 Å². The van der Waals surface area contributed by atoms with Gasteiger partial charge in [0.15, 0.2) is 0 Å². The lowest BCUT2D eigenvalue weighted by Crippen LogP contribution is -1.94. The molecular weight excluding hydrogens is 220 g/mol. The number of nitrogens with one attached hydrogen (secondary N) is 2. The maximum Gasteiger partial charge on any atom is 0.0623 e. The molecule has 2 aromatic carbocycles. The Balaban J connectivity index is 0.000000574. The fourth-order valence-electron chi connectivity index (χ4n) is 1.93. The van der Waals surface area contributed by atoms with Crippen LogP contribution in [0.4, 0.5) is 17.1 Å². The molecule has 0 radical (unpaired) electrons. The smallest absolute Gasteiger partial charge is 0.0623 e. The molecule has 0 saturated carbocycles. The van der Waals surface area contributed by atoms with Crippen molar-refractivity contribution in [2.24, 2.45) is 0 Å². The molecule has 0 bridgehead atoms. The third kappa shape index (κ3) is 2.23. The maximum atomic E-state index is 4.06. The third-order valence-electron chi connectivity index (χ3n) is 2.73. The first-order valence-corrected chi connectivity index (χ1v) is 6.26. The number of para-hydroxylation sites is 3. The first-order chi connectivity index (χ1) is 8.84. The summed E-state index contributed by atoms with van der Waals surface area (Å²) in [5, 5.41) is 6.73. The fourth-order valence-corrected chi connectivity index (χ4v) is 1.93. The van der Waals surface area contributed by atoms with Crippen LogP contribution in [0, 0.1) is 0 Å². The topological polar surface area (TPSA) is 24.1 Å². The van der Waals surface area contributed by atoms with Crippen LogP contribution in [-0.4, -0.2) is 0 Å². The van der Waals surface area contributed by atoms with Gasteiger partial charge in [-0.15, -0.1) is 0 Å². The molecule has 0 unspecified atom stereocenters. The lowest BCUT2D eigenvalue weighted by Gasteiger charge is -2.07. The first-order valence-electron chi connectivity index (χ1n) is 6.26. The largest absolute Gasteiger partial charge is 0.354 e. The molecule has 0 amide bonds. The summed E-state index contributed by atoms with van der Waals surface area (Å²) in [5.74, 6) is 0. The van der Waals surface area contributed by atoms with E-state index in [0.717, 1.165) is 28.3 Å². The summed E-state index contributed by atoms with van der Waals surface area (Å²) >= 11 is 0. The molecule has 0 saturated heterocycles. The molecule has 0 aromatic heterocycles. The summed E-state index contributed by atoms with van der Waals surface area (Å²) in [7, 11) is 0.